The summed E-state index contributed by atoms with van der Waals surface area (Å²) in [6, 6.07) is 6.11. The van der Waals surface area contributed by atoms with Gasteiger partial charge in [-0.15, -0.1) is 5.10 Å². The van der Waals surface area contributed by atoms with Crippen LogP contribution in [0.3, 0.4) is 0 Å². The van der Waals surface area contributed by atoms with Gasteiger partial charge in [-0.1, -0.05) is 17.3 Å². The molecule has 1 saturated carbocycles. The molecule has 1 aliphatic rings. The van der Waals surface area contributed by atoms with Crippen LogP contribution in [0.4, 0.5) is 8.78 Å². The van der Waals surface area contributed by atoms with Crippen molar-refractivity contribution in [2.45, 2.75) is 25.7 Å². The molecule has 0 spiro atoms. The molecule has 5 heteroatoms. The molecule has 0 saturated heterocycles. The van der Waals surface area contributed by atoms with E-state index in [0.717, 1.165) is 23.7 Å². The van der Waals surface area contributed by atoms with Crippen LogP contribution in [0.1, 0.15) is 30.5 Å². The Morgan fingerprint density at radius 3 is 2.56 bits per heavy atom. The fraction of sp³-hybridized carbons (Fsp3) is 0.385. The molecule has 1 aromatic heterocycles. The molecule has 0 unspecified atom stereocenters. The third-order valence-electron chi connectivity index (χ3n) is 3.15. The molecule has 3 rings (SSSR count). The van der Waals surface area contributed by atoms with E-state index in [2.05, 4.69) is 10.3 Å². The molecular formula is C13H13F2N3. The van der Waals surface area contributed by atoms with Crippen molar-refractivity contribution in [3.8, 4) is 5.69 Å². The van der Waals surface area contributed by atoms with Gasteiger partial charge in [-0.2, -0.15) is 0 Å². The first-order valence-corrected chi connectivity index (χ1v) is 6.02. The number of hydrogen-bond donors (Lipinski definition) is 0. The maximum absolute atomic E-state index is 12.4. The Kier molecular flexibility index (Phi) is 2.81. The van der Waals surface area contributed by atoms with E-state index < -0.39 is 6.43 Å². The van der Waals surface area contributed by atoms with E-state index in [-0.39, 0.29) is 5.56 Å². The predicted octanol–water partition coefficient (Wildman–Crippen LogP) is 3.16. The number of rotatable bonds is 4. The average molecular weight is 249 g/mol. The minimum absolute atomic E-state index is 0.0251. The summed E-state index contributed by atoms with van der Waals surface area (Å²) in [6.45, 7) is 0. The number of halogens is 2. The van der Waals surface area contributed by atoms with Crippen molar-refractivity contribution in [2.24, 2.45) is 5.92 Å². The molecule has 1 heterocycles. The second kappa shape index (κ2) is 4.48. The van der Waals surface area contributed by atoms with Crippen molar-refractivity contribution < 1.29 is 8.78 Å². The Hall–Kier alpha value is -1.78. The molecule has 1 aromatic carbocycles. The van der Waals surface area contributed by atoms with Crippen LogP contribution < -0.4 is 0 Å². The molecule has 2 aromatic rings. The molecule has 1 aliphatic carbocycles. The van der Waals surface area contributed by atoms with Gasteiger partial charge in [0.2, 0.25) is 0 Å². The van der Waals surface area contributed by atoms with E-state index in [1.165, 1.54) is 25.0 Å². The van der Waals surface area contributed by atoms with Gasteiger partial charge in [0.15, 0.2) is 0 Å². The summed E-state index contributed by atoms with van der Waals surface area (Å²) in [6.07, 6.45) is 2.96. The van der Waals surface area contributed by atoms with E-state index in [4.69, 9.17) is 0 Å². The molecule has 0 atom stereocenters. The van der Waals surface area contributed by atoms with E-state index in [1.807, 2.05) is 6.20 Å². The Morgan fingerprint density at radius 2 is 1.94 bits per heavy atom. The lowest BCUT2D eigenvalue weighted by molar-refractivity contribution is 0.151. The maximum Gasteiger partial charge on any atom is 0.263 e. The van der Waals surface area contributed by atoms with Crippen LogP contribution in [-0.4, -0.2) is 15.0 Å². The first-order valence-electron chi connectivity index (χ1n) is 6.02. The molecule has 18 heavy (non-hydrogen) atoms. The highest BCUT2D eigenvalue weighted by Crippen LogP contribution is 2.32. The normalized spacial score (nSPS) is 15.3. The minimum Gasteiger partial charge on any atom is -0.220 e. The third kappa shape index (κ3) is 2.39. The summed E-state index contributed by atoms with van der Waals surface area (Å²) in [7, 11) is 0. The highest BCUT2D eigenvalue weighted by atomic mass is 19.3. The van der Waals surface area contributed by atoms with Crippen LogP contribution >= 0.6 is 0 Å². The lowest BCUT2D eigenvalue weighted by Crippen LogP contribution is -1.95. The number of aromatic nitrogens is 3. The summed E-state index contributed by atoms with van der Waals surface area (Å²) in [5.74, 6) is 0.761. The summed E-state index contributed by atoms with van der Waals surface area (Å²) in [5.41, 5.74) is 1.75. The molecule has 0 amide bonds. The molecule has 0 N–H and O–H groups in total. The van der Waals surface area contributed by atoms with Crippen molar-refractivity contribution in [3.05, 3.63) is 41.7 Å². The lowest BCUT2D eigenvalue weighted by atomic mass is 10.2. The van der Waals surface area contributed by atoms with E-state index >= 15 is 0 Å². The van der Waals surface area contributed by atoms with Crippen molar-refractivity contribution in [1.82, 2.24) is 15.0 Å². The smallest absolute Gasteiger partial charge is 0.220 e. The SMILES string of the molecule is FC(F)c1ccc(-n2cc(CC3CC3)nn2)cc1. The van der Waals surface area contributed by atoms with Crippen LogP contribution in [0.2, 0.25) is 0 Å². The second-order valence-corrected chi connectivity index (χ2v) is 4.69. The van der Waals surface area contributed by atoms with Crippen molar-refractivity contribution in [1.29, 1.82) is 0 Å². The predicted molar refractivity (Wildman–Crippen MR) is 62.7 cm³/mol. The molecule has 0 bridgehead atoms. The molecule has 94 valence electrons. The monoisotopic (exact) mass is 249 g/mol. The summed E-state index contributed by atoms with van der Waals surface area (Å²) in [4.78, 5) is 0. The zero-order chi connectivity index (χ0) is 12.5. The number of hydrogen-bond acceptors (Lipinski definition) is 2. The van der Waals surface area contributed by atoms with Gasteiger partial charge < -0.3 is 0 Å². The molecule has 0 aliphatic heterocycles. The first kappa shape index (κ1) is 11.3. The van der Waals surface area contributed by atoms with E-state index in [9.17, 15) is 8.78 Å². The van der Waals surface area contributed by atoms with Crippen LogP contribution in [0.15, 0.2) is 30.5 Å². The van der Waals surface area contributed by atoms with Crippen molar-refractivity contribution >= 4 is 0 Å². The third-order valence-corrected chi connectivity index (χ3v) is 3.15. The molecule has 3 nitrogen and oxygen atoms in total. The van der Waals surface area contributed by atoms with Gasteiger partial charge >= 0.3 is 0 Å². The van der Waals surface area contributed by atoms with Crippen LogP contribution in [0.25, 0.3) is 5.69 Å². The van der Waals surface area contributed by atoms with Crippen LogP contribution in [0.5, 0.6) is 0 Å². The quantitative estimate of drug-likeness (QED) is 0.833. The van der Waals surface area contributed by atoms with E-state index in [0.29, 0.717) is 0 Å². The molecule has 1 fully saturated rings. The van der Waals surface area contributed by atoms with Crippen LogP contribution in [-0.2, 0) is 6.42 Å². The maximum atomic E-state index is 12.4. The van der Waals surface area contributed by atoms with Crippen molar-refractivity contribution in [2.75, 3.05) is 0 Å². The van der Waals surface area contributed by atoms with E-state index in [1.54, 1.807) is 16.8 Å². The second-order valence-electron chi connectivity index (χ2n) is 4.69. The van der Waals surface area contributed by atoms with Gasteiger partial charge in [0.05, 0.1) is 17.6 Å². The van der Waals surface area contributed by atoms with Gasteiger partial charge in [0.1, 0.15) is 0 Å². The van der Waals surface area contributed by atoms with Crippen LogP contribution in [0, 0.1) is 5.92 Å². The highest BCUT2D eigenvalue weighted by molar-refractivity contribution is 5.34. The van der Waals surface area contributed by atoms with Gasteiger partial charge in [0, 0.05) is 5.56 Å². The molecular weight excluding hydrogens is 236 g/mol. The standard InChI is InChI=1S/C13H13F2N3/c14-13(15)10-3-5-12(6-4-10)18-8-11(16-17-18)7-9-1-2-9/h3-6,8-9,13H,1-2,7H2. The molecule has 0 radical (unpaired) electrons. The fourth-order valence-electron chi connectivity index (χ4n) is 1.91. The lowest BCUT2D eigenvalue weighted by Gasteiger charge is -2.02. The Bertz CT molecular complexity index is 529. The summed E-state index contributed by atoms with van der Waals surface area (Å²) < 4.78 is 26.5. The Balaban J connectivity index is 1.78. The fourth-order valence-corrected chi connectivity index (χ4v) is 1.91. The van der Waals surface area contributed by atoms with Gasteiger partial charge in [-0.25, -0.2) is 13.5 Å². The highest BCUT2D eigenvalue weighted by Gasteiger charge is 2.22. The average Bonchev–Trinajstić information content (AvgIpc) is 3.05. The summed E-state index contributed by atoms with van der Waals surface area (Å²) in [5, 5.41) is 8.12. The Morgan fingerprint density at radius 1 is 1.22 bits per heavy atom. The number of alkyl halides is 2. The van der Waals surface area contributed by atoms with Gasteiger partial charge in [-0.05, 0) is 37.3 Å². The zero-order valence-electron chi connectivity index (χ0n) is 9.76. The van der Waals surface area contributed by atoms with Crippen molar-refractivity contribution in [3.63, 3.8) is 0 Å². The van der Waals surface area contributed by atoms with Gasteiger partial charge in [-0.3, -0.25) is 0 Å². The minimum atomic E-state index is -2.43. The number of nitrogens with zero attached hydrogens (tertiary/aromatic N) is 3. The summed E-state index contributed by atoms with van der Waals surface area (Å²) >= 11 is 0. The largest absolute Gasteiger partial charge is 0.263 e. The zero-order valence-corrected chi connectivity index (χ0v) is 9.76. The Labute approximate surface area is 103 Å². The van der Waals surface area contributed by atoms with Gasteiger partial charge in [0.25, 0.3) is 6.43 Å². The first-order chi connectivity index (χ1) is 8.72. The number of benzene rings is 1. The topological polar surface area (TPSA) is 30.7 Å².